The summed E-state index contributed by atoms with van der Waals surface area (Å²) in [5.74, 6) is -2.95. The fourth-order valence-electron chi connectivity index (χ4n) is 6.03. The zero-order chi connectivity index (χ0) is 27.7. The minimum absolute atomic E-state index is 0.0374. The topological polar surface area (TPSA) is 157 Å². The zero-order valence-electron chi connectivity index (χ0n) is 21.8. The van der Waals surface area contributed by atoms with E-state index in [2.05, 4.69) is 0 Å². The quantitative estimate of drug-likeness (QED) is 0.319. The third kappa shape index (κ3) is 3.99. The smallest absolute Gasteiger partial charge is 0.202 e. The van der Waals surface area contributed by atoms with Crippen LogP contribution in [0.3, 0.4) is 0 Å². The van der Waals surface area contributed by atoms with Crippen molar-refractivity contribution in [3.8, 4) is 17.2 Å². The predicted octanol–water partition coefficient (Wildman–Crippen LogP) is 2.15. The minimum atomic E-state index is -1.32. The number of ether oxygens (including phenoxy) is 2. The maximum Gasteiger partial charge on any atom is 0.202 e. The molecule has 38 heavy (non-hydrogen) atoms. The van der Waals surface area contributed by atoms with Crippen molar-refractivity contribution in [1.82, 2.24) is 4.90 Å². The third-order valence-electron chi connectivity index (χ3n) is 8.26. The van der Waals surface area contributed by atoms with Crippen molar-refractivity contribution in [1.29, 1.82) is 0 Å². The molecule has 1 aliphatic heterocycles. The SMILES string of the molecule is CCC1(O)Cc2c(O)c3c(c(O)c2C(OC2CC(N(C)C)C(O)C(C)O2)C1)C(=O)c1c(O)cccc1C3=O. The van der Waals surface area contributed by atoms with Crippen LogP contribution in [-0.4, -0.2) is 86.2 Å². The Bertz CT molecular complexity index is 1320. The van der Waals surface area contributed by atoms with Gasteiger partial charge >= 0.3 is 0 Å². The lowest BCUT2D eigenvalue weighted by molar-refractivity contribution is -0.257. The first-order valence-electron chi connectivity index (χ1n) is 12.8. The Kier molecular flexibility index (Phi) is 6.52. The normalized spacial score (nSPS) is 30.7. The maximum atomic E-state index is 13.5. The monoisotopic (exact) mass is 527 g/mol. The highest BCUT2D eigenvalue weighted by Gasteiger charge is 2.47. The van der Waals surface area contributed by atoms with Crippen LogP contribution >= 0.6 is 0 Å². The van der Waals surface area contributed by atoms with Gasteiger partial charge in [0, 0.05) is 42.0 Å². The highest BCUT2D eigenvalue weighted by atomic mass is 16.7. The van der Waals surface area contributed by atoms with Gasteiger partial charge in [-0.3, -0.25) is 9.59 Å². The van der Waals surface area contributed by atoms with Crippen LogP contribution in [0.15, 0.2) is 18.2 Å². The van der Waals surface area contributed by atoms with Crippen molar-refractivity contribution in [3.63, 3.8) is 0 Å². The number of rotatable bonds is 4. The molecule has 1 fully saturated rings. The summed E-state index contributed by atoms with van der Waals surface area (Å²) in [5, 5.41) is 55.1. The second kappa shape index (κ2) is 9.32. The first-order valence-corrected chi connectivity index (χ1v) is 12.8. The van der Waals surface area contributed by atoms with Crippen LogP contribution in [0.4, 0.5) is 0 Å². The first kappa shape index (κ1) is 26.6. The van der Waals surface area contributed by atoms with Crippen molar-refractivity contribution in [3.05, 3.63) is 51.6 Å². The molecule has 0 amide bonds. The molecule has 204 valence electrons. The molecule has 0 saturated carbocycles. The number of ketones is 2. The van der Waals surface area contributed by atoms with E-state index in [1.807, 2.05) is 19.0 Å². The van der Waals surface area contributed by atoms with Gasteiger partial charge in [0.1, 0.15) is 17.2 Å². The van der Waals surface area contributed by atoms with E-state index in [9.17, 15) is 35.1 Å². The van der Waals surface area contributed by atoms with Crippen LogP contribution in [0.25, 0.3) is 0 Å². The van der Waals surface area contributed by atoms with Gasteiger partial charge in [-0.25, -0.2) is 0 Å². The Morgan fingerprint density at radius 1 is 1.08 bits per heavy atom. The molecule has 1 saturated heterocycles. The van der Waals surface area contributed by atoms with E-state index in [4.69, 9.17) is 9.47 Å². The van der Waals surface area contributed by atoms with Gasteiger partial charge in [0.2, 0.25) is 5.78 Å². The van der Waals surface area contributed by atoms with Crippen LogP contribution in [0.1, 0.15) is 82.2 Å². The Balaban J connectivity index is 1.64. The number of aliphatic hydroxyl groups is 2. The number of benzene rings is 2. The Morgan fingerprint density at radius 3 is 2.42 bits per heavy atom. The number of likely N-dealkylation sites (N-methyl/N-ethyl adjacent to an activating group) is 1. The summed E-state index contributed by atoms with van der Waals surface area (Å²) in [5.41, 5.74) is -2.19. The van der Waals surface area contributed by atoms with Gasteiger partial charge in [0.25, 0.3) is 0 Å². The Hall–Kier alpha value is -3.02. The number of phenols is 3. The van der Waals surface area contributed by atoms with Gasteiger partial charge < -0.3 is 39.9 Å². The fourth-order valence-corrected chi connectivity index (χ4v) is 6.03. The summed E-state index contributed by atoms with van der Waals surface area (Å²) in [6.45, 7) is 3.50. The van der Waals surface area contributed by atoms with Crippen LogP contribution < -0.4 is 0 Å². The summed E-state index contributed by atoms with van der Waals surface area (Å²) in [7, 11) is 3.67. The number of aromatic hydroxyl groups is 3. The molecule has 6 unspecified atom stereocenters. The highest BCUT2D eigenvalue weighted by Crippen LogP contribution is 2.52. The molecule has 5 N–H and O–H groups in total. The molecular formula is C28H33NO9. The van der Waals surface area contributed by atoms with E-state index < -0.39 is 64.6 Å². The number of carbonyl (C=O) groups is 2. The van der Waals surface area contributed by atoms with Gasteiger partial charge in [-0.05, 0) is 33.5 Å². The molecule has 3 aliphatic rings. The van der Waals surface area contributed by atoms with Crippen LogP contribution in [-0.2, 0) is 15.9 Å². The summed E-state index contributed by atoms with van der Waals surface area (Å²) in [4.78, 5) is 28.7. The molecule has 10 heteroatoms. The van der Waals surface area contributed by atoms with E-state index in [0.717, 1.165) is 0 Å². The first-order chi connectivity index (χ1) is 17.9. The predicted molar refractivity (Wildman–Crippen MR) is 135 cm³/mol. The standard InChI is InChI=1S/C28H33NO9/c1-5-28(36)10-14-20(17(11-28)38-18-9-15(29(3)4)23(31)12(2)37-18)27(35)22-21(25(14)33)24(32)13-7-6-8-16(30)19(13)26(22)34/h6-8,12,15,17-18,23,30-31,33,35-36H,5,9-11H2,1-4H3. The number of phenolic OH excluding ortho intramolecular Hbond substituents is 3. The summed E-state index contributed by atoms with van der Waals surface area (Å²) in [6, 6.07) is 3.79. The van der Waals surface area contributed by atoms with Crippen molar-refractivity contribution in [2.45, 2.75) is 75.8 Å². The van der Waals surface area contributed by atoms with Gasteiger partial charge in [-0.1, -0.05) is 19.1 Å². The minimum Gasteiger partial charge on any atom is -0.507 e. The maximum absolute atomic E-state index is 13.5. The number of fused-ring (bicyclic) bond motifs is 3. The largest absolute Gasteiger partial charge is 0.507 e. The molecule has 6 atom stereocenters. The van der Waals surface area contributed by atoms with E-state index in [1.165, 1.54) is 18.2 Å². The second-order valence-corrected chi connectivity index (χ2v) is 10.8. The molecule has 2 aromatic carbocycles. The number of nitrogens with zero attached hydrogens (tertiary/aromatic N) is 1. The van der Waals surface area contributed by atoms with Gasteiger partial charge in [-0.15, -0.1) is 0 Å². The summed E-state index contributed by atoms with van der Waals surface area (Å²) >= 11 is 0. The molecule has 1 heterocycles. The molecule has 0 aromatic heterocycles. The van der Waals surface area contributed by atoms with Crippen LogP contribution in [0.5, 0.6) is 17.2 Å². The lowest BCUT2D eigenvalue weighted by atomic mass is 9.72. The van der Waals surface area contributed by atoms with Crippen LogP contribution in [0.2, 0.25) is 0 Å². The van der Waals surface area contributed by atoms with E-state index in [0.29, 0.717) is 12.8 Å². The van der Waals surface area contributed by atoms with Gasteiger partial charge in [0.15, 0.2) is 12.1 Å². The van der Waals surface area contributed by atoms with Crippen molar-refractivity contribution < 1.29 is 44.6 Å². The average Bonchev–Trinajstić information content (AvgIpc) is 2.86. The number of aliphatic hydroxyl groups excluding tert-OH is 1. The molecule has 10 nitrogen and oxygen atoms in total. The Morgan fingerprint density at radius 2 is 1.76 bits per heavy atom. The van der Waals surface area contributed by atoms with E-state index in [-0.39, 0.29) is 46.7 Å². The number of hydrogen-bond donors (Lipinski definition) is 5. The van der Waals surface area contributed by atoms with Gasteiger partial charge in [0.05, 0.1) is 40.6 Å². The number of hydrogen-bond acceptors (Lipinski definition) is 10. The molecule has 5 rings (SSSR count). The lowest BCUT2D eigenvalue weighted by Crippen LogP contribution is -2.53. The summed E-state index contributed by atoms with van der Waals surface area (Å²) < 4.78 is 12.2. The van der Waals surface area contributed by atoms with E-state index in [1.54, 1.807) is 13.8 Å². The third-order valence-corrected chi connectivity index (χ3v) is 8.26. The van der Waals surface area contributed by atoms with Crippen molar-refractivity contribution in [2.75, 3.05) is 14.1 Å². The lowest BCUT2D eigenvalue weighted by Gasteiger charge is -2.44. The molecule has 0 spiro atoms. The van der Waals surface area contributed by atoms with Gasteiger partial charge in [-0.2, -0.15) is 0 Å². The summed E-state index contributed by atoms with van der Waals surface area (Å²) in [6.07, 6.45) is -2.56. The van der Waals surface area contributed by atoms with Crippen molar-refractivity contribution in [2.24, 2.45) is 0 Å². The highest BCUT2D eigenvalue weighted by molar-refractivity contribution is 6.31. The second-order valence-electron chi connectivity index (χ2n) is 10.8. The van der Waals surface area contributed by atoms with Crippen LogP contribution in [0, 0.1) is 0 Å². The molecule has 0 bridgehead atoms. The molecule has 2 aromatic rings. The molecule has 2 aliphatic carbocycles. The zero-order valence-corrected chi connectivity index (χ0v) is 21.8. The average molecular weight is 528 g/mol. The molecule has 0 radical (unpaired) electrons. The van der Waals surface area contributed by atoms with E-state index >= 15 is 0 Å². The number of carbonyl (C=O) groups excluding carboxylic acids is 2. The van der Waals surface area contributed by atoms with Crippen molar-refractivity contribution >= 4 is 11.6 Å². The Labute approximate surface area is 220 Å². The fraction of sp³-hybridized carbons (Fsp3) is 0.500. The molecular weight excluding hydrogens is 494 g/mol.